The molecular formula is C13H18N4. The largest absolute Gasteiger partial charge is 0.311 e. The average molecular weight is 230 g/mol. The van der Waals surface area contributed by atoms with Crippen molar-refractivity contribution in [3.05, 3.63) is 47.5 Å². The summed E-state index contributed by atoms with van der Waals surface area (Å²) in [7, 11) is 0. The predicted molar refractivity (Wildman–Crippen MR) is 67.6 cm³/mol. The molecule has 2 aromatic rings. The van der Waals surface area contributed by atoms with Gasteiger partial charge < -0.3 is 5.32 Å². The first-order chi connectivity index (χ1) is 8.25. The standard InChI is InChI=1S/C13H18N4/c1-11-8-12(2)17(16-11)7-6-15-10-13-4-3-5-14-9-13/h3-5,8-9,15H,6-7,10H2,1-2H3. The van der Waals surface area contributed by atoms with Crippen LogP contribution in [0.4, 0.5) is 0 Å². The Kier molecular flexibility index (Phi) is 3.88. The Morgan fingerprint density at radius 3 is 2.88 bits per heavy atom. The van der Waals surface area contributed by atoms with Crippen LogP contribution in [-0.4, -0.2) is 21.3 Å². The SMILES string of the molecule is Cc1cc(C)n(CCNCc2cccnc2)n1. The lowest BCUT2D eigenvalue weighted by Crippen LogP contribution is -2.20. The summed E-state index contributed by atoms with van der Waals surface area (Å²) in [6.07, 6.45) is 3.68. The van der Waals surface area contributed by atoms with Crippen molar-refractivity contribution in [2.75, 3.05) is 6.54 Å². The third-order valence-corrected chi connectivity index (χ3v) is 2.66. The second-order valence-electron chi connectivity index (χ2n) is 4.19. The van der Waals surface area contributed by atoms with Crippen LogP contribution in [0.25, 0.3) is 0 Å². The molecule has 2 rings (SSSR count). The van der Waals surface area contributed by atoms with Gasteiger partial charge in [-0.25, -0.2) is 0 Å². The minimum absolute atomic E-state index is 0.854. The van der Waals surface area contributed by atoms with Gasteiger partial charge in [0, 0.05) is 31.2 Å². The Morgan fingerprint density at radius 1 is 1.35 bits per heavy atom. The van der Waals surface area contributed by atoms with Gasteiger partial charge in [0.05, 0.1) is 12.2 Å². The highest BCUT2D eigenvalue weighted by Crippen LogP contribution is 2.00. The Bertz CT molecular complexity index is 462. The van der Waals surface area contributed by atoms with Gasteiger partial charge in [0.2, 0.25) is 0 Å². The van der Waals surface area contributed by atoms with Gasteiger partial charge in [-0.2, -0.15) is 5.10 Å². The topological polar surface area (TPSA) is 42.7 Å². The summed E-state index contributed by atoms with van der Waals surface area (Å²) in [5, 5.41) is 7.80. The highest BCUT2D eigenvalue weighted by Gasteiger charge is 1.99. The Morgan fingerprint density at radius 2 is 2.24 bits per heavy atom. The zero-order valence-corrected chi connectivity index (χ0v) is 10.3. The van der Waals surface area contributed by atoms with Gasteiger partial charge in [0.1, 0.15) is 0 Å². The van der Waals surface area contributed by atoms with Crippen LogP contribution in [-0.2, 0) is 13.1 Å². The average Bonchev–Trinajstić information content (AvgIpc) is 2.65. The van der Waals surface area contributed by atoms with E-state index in [9.17, 15) is 0 Å². The Labute approximate surface area is 102 Å². The lowest BCUT2D eigenvalue weighted by Gasteiger charge is -2.06. The summed E-state index contributed by atoms with van der Waals surface area (Å²) in [5.41, 5.74) is 3.50. The summed E-state index contributed by atoms with van der Waals surface area (Å²) < 4.78 is 2.03. The van der Waals surface area contributed by atoms with Crippen LogP contribution in [0.15, 0.2) is 30.6 Å². The van der Waals surface area contributed by atoms with Crippen LogP contribution in [0.3, 0.4) is 0 Å². The van der Waals surface area contributed by atoms with Gasteiger partial charge in [0.25, 0.3) is 0 Å². The molecular weight excluding hydrogens is 212 g/mol. The van der Waals surface area contributed by atoms with Crippen molar-refractivity contribution in [3.8, 4) is 0 Å². The number of aromatic nitrogens is 3. The van der Waals surface area contributed by atoms with Crippen LogP contribution in [0.2, 0.25) is 0 Å². The van der Waals surface area contributed by atoms with E-state index in [1.54, 1.807) is 6.20 Å². The Hall–Kier alpha value is -1.68. The monoisotopic (exact) mass is 230 g/mol. The zero-order chi connectivity index (χ0) is 12.1. The molecule has 0 unspecified atom stereocenters. The van der Waals surface area contributed by atoms with E-state index in [1.807, 2.05) is 23.9 Å². The summed E-state index contributed by atoms with van der Waals surface area (Å²) in [4.78, 5) is 4.08. The van der Waals surface area contributed by atoms with Crippen LogP contribution in [0.5, 0.6) is 0 Å². The molecule has 0 radical (unpaired) electrons. The molecule has 4 heteroatoms. The van der Waals surface area contributed by atoms with Crippen molar-refractivity contribution in [2.24, 2.45) is 0 Å². The van der Waals surface area contributed by atoms with E-state index >= 15 is 0 Å². The zero-order valence-electron chi connectivity index (χ0n) is 10.3. The maximum Gasteiger partial charge on any atom is 0.0596 e. The van der Waals surface area contributed by atoms with Gasteiger partial charge >= 0.3 is 0 Å². The van der Waals surface area contributed by atoms with E-state index in [1.165, 1.54) is 11.3 Å². The molecule has 4 nitrogen and oxygen atoms in total. The van der Waals surface area contributed by atoms with E-state index in [0.29, 0.717) is 0 Å². The second kappa shape index (κ2) is 5.59. The Balaban J connectivity index is 1.75. The van der Waals surface area contributed by atoms with Crippen molar-refractivity contribution in [3.63, 3.8) is 0 Å². The summed E-state index contributed by atoms with van der Waals surface area (Å²) in [5.74, 6) is 0. The fourth-order valence-corrected chi connectivity index (χ4v) is 1.82. The number of nitrogens with one attached hydrogen (secondary N) is 1. The minimum Gasteiger partial charge on any atom is -0.311 e. The second-order valence-corrected chi connectivity index (χ2v) is 4.19. The number of hydrogen-bond acceptors (Lipinski definition) is 3. The van der Waals surface area contributed by atoms with Crippen molar-refractivity contribution in [1.29, 1.82) is 0 Å². The van der Waals surface area contributed by atoms with E-state index in [-0.39, 0.29) is 0 Å². The molecule has 0 saturated carbocycles. The smallest absolute Gasteiger partial charge is 0.0596 e. The van der Waals surface area contributed by atoms with E-state index in [2.05, 4.69) is 34.5 Å². The molecule has 0 aliphatic rings. The van der Waals surface area contributed by atoms with E-state index < -0.39 is 0 Å². The van der Waals surface area contributed by atoms with Gasteiger partial charge in [-0.15, -0.1) is 0 Å². The van der Waals surface area contributed by atoms with Crippen LogP contribution in [0.1, 0.15) is 17.0 Å². The summed E-state index contributed by atoms with van der Waals surface area (Å²) >= 11 is 0. The molecule has 0 bridgehead atoms. The molecule has 0 aliphatic carbocycles. The number of pyridine rings is 1. The number of nitrogens with zero attached hydrogens (tertiary/aromatic N) is 3. The molecule has 0 atom stereocenters. The first kappa shape index (κ1) is 11.8. The first-order valence-electron chi connectivity index (χ1n) is 5.86. The van der Waals surface area contributed by atoms with Gasteiger partial charge in [-0.05, 0) is 31.5 Å². The molecule has 0 aliphatic heterocycles. The normalized spacial score (nSPS) is 10.7. The number of aryl methyl sites for hydroxylation is 2. The third kappa shape index (κ3) is 3.39. The van der Waals surface area contributed by atoms with Crippen molar-refractivity contribution in [2.45, 2.75) is 26.9 Å². The fourth-order valence-electron chi connectivity index (χ4n) is 1.82. The van der Waals surface area contributed by atoms with E-state index in [4.69, 9.17) is 0 Å². The number of rotatable bonds is 5. The lowest BCUT2D eigenvalue weighted by atomic mass is 10.3. The maximum absolute atomic E-state index is 4.42. The highest BCUT2D eigenvalue weighted by molar-refractivity contribution is 5.08. The third-order valence-electron chi connectivity index (χ3n) is 2.66. The summed E-state index contributed by atoms with van der Waals surface area (Å²) in [6, 6.07) is 6.13. The summed E-state index contributed by atoms with van der Waals surface area (Å²) in [6.45, 7) is 6.78. The molecule has 2 aromatic heterocycles. The van der Waals surface area contributed by atoms with E-state index in [0.717, 1.165) is 25.3 Å². The highest BCUT2D eigenvalue weighted by atomic mass is 15.3. The molecule has 0 aromatic carbocycles. The lowest BCUT2D eigenvalue weighted by molar-refractivity contribution is 0.542. The maximum atomic E-state index is 4.42. The molecule has 17 heavy (non-hydrogen) atoms. The molecule has 0 spiro atoms. The van der Waals surface area contributed by atoms with Gasteiger partial charge in [-0.1, -0.05) is 6.07 Å². The van der Waals surface area contributed by atoms with Crippen LogP contribution >= 0.6 is 0 Å². The van der Waals surface area contributed by atoms with Crippen molar-refractivity contribution >= 4 is 0 Å². The van der Waals surface area contributed by atoms with Crippen molar-refractivity contribution in [1.82, 2.24) is 20.1 Å². The molecule has 0 fully saturated rings. The van der Waals surface area contributed by atoms with Crippen LogP contribution in [0, 0.1) is 13.8 Å². The van der Waals surface area contributed by atoms with Gasteiger partial charge in [-0.3, -0.25) is 9.67 Å². The quantitative estimate of drug-likeness (QED) is 0.795. The first-order valence-corrected chi connectivity index (χ1v) is 5.86. The molecule has 2 heterocycles. The number of hydrogen-bond donors (Lipinski definition) is 1. The molecule has 0 saturated heterocycles. The molecule has 1 N–H and O–H groups in total. The molecule has 90 valence electrons. The predicted octanol–water partition coefficient (Wildman–Crippen LogP) is 1.68. The van der Waals surface area contributed by atoms with Gasteiger partial charge in [0.15, 0.2) is 0 Å². The molecule has 0 amide bonds. The fraction of sp³-hybridized carbons (Fsp3) is 0.385. The minimum atomic E-state index is 0.854. The van der Waals surface area contributed by atoms with Crippen molar-refractivity contribution < 1.29 is 0 Å². The van der Waals surface area contributed by atoms with Crippen LogP contribution < -0.4 is 5.32 Å².